The first-order valence-corrected chi connectivity index (χ1v) is 8.75. The number of imide groups is 1. The fourth-order valence-corrected chi connectivity index (χ4v) is 3.70. The number of thiophene rings is 1. The van der Waals surface area contributed by atoms with Crippen LogP contribution in [0.4, 0.5) is 4.79 Å². The summed E-state index contributed by atoms with van der Waals surface area (Å²) >= 11 is 1.30. The van der Waals surface area contributed by atoms with Crippen LogP contribution in [0.25, 0.3) is 10.9 Å². The molecule has 0 unspecified atom stereocenters. The summed E-state index contributed by atoms with van der Waals surface area (Å²) in [4.78, 5) is 41.6. The van der Waals surface area contributed by atoms with Gasteiger partial charge in [0.25, 0.3) is 5.91 Å². The lowest BCUT2D eigenvalue weighted by Crippen LogP contribution is -2.36. The van der Waals surface area contributed by atoms with Crippen molar-refractivity contribution < 1.29 is 14.4 Å². The van der Waals surface area contributed by atoms with Crippen LogP contribution in [0.3, 0.4) is 0 Å². The molecule has 7 heteroatoms. The summed E-state index contributed by atoms with van der Waals surface area (Å²) in [5, 5.41) is 5.50. The minimum Gasteiger partial charge on any atom is -0.361 e. The largest absolute Gasteiger partial charge is 0.361 e. The number of aromatic amines is 1. The fourth-order valence-electron chi connectivity index (χ4n) is 3.04. The summed E-state index contributed by atoms with van der Waals surface area (Å²) in [5.41, 5.74) is 1.94. The second-order valence-corrected chi connectivity index (χ2v) is 6.84. The van der Waals surface area contributed by atoms with Crippen molar-refractivity contribution in [3.8, 4) is 0 Å². The quantitative estimate of drug-likeness (QED) is 0.546. The van der Waals surface area contributed by atoms with Crippen LogP contribution in [0, 0.1) is 0 Å². The van der Waals surface area contributed by atoms with Gasteiger partial charge in [0.2, 0.25) is 0 Å². The van der Waals surface area contributed by atoms with Crippen LogP contribution in [-0.2, 0) is 11.2 Å². The Kier molecular flexibility index (Phi) is 3.85. The molecular formula is C18H15N3O3S. The highest BCUT2D eigenvalue weighted by molar-refractivity contribution is 7.12. The minimum absolute atomic E-state index is 0.227. The molecule has 1 saturated heterocycles. The topological polar surface area (TPSA) is 82.3 Å². The van der Waals surface area contributed by atoms with Crippen LogP contribution in [0.2, 0.25) is 0 Å². The second kappa shape index (κ2) is 6.18. The van der Waals surface area contributed by atoms with Gasteiger partial charge in [-0.2, -0.15) is 0 Å². The summed E-state index contributed by atoms with van der Waals surface area (Å²) < 4.78 is 0. The number of carbonyl (C=O) groups excluding carboxylic acids is 3. The van der Waals surface area contributed by atoms with E-state index in [0.717, 1.165) is 21.4 Å². The van der Waals surface area contributed by atoms with E-state index in [1.807, 2.05) is 30.5 Å². The third kappa shape index (κ3) is 2.83. The van der Waals surface area contributed by atoms with Crippen LogP contribution in [0.15, 0.2) is 48.0 Å². The first-order valence-electron chi connectivity index (χ1n) is 7.87. The summed E-state index contributed by atoms with van der Waals surface area (Å²) in [7, 11) is 0. The maximum Gasteiger partial charge on any atom is 0.325 e. The number of hydrogen-bond donors (Lipinski definition) is 2. The van der Waals surface area contributed by atoms with Gasteiger partial charge in [0.15, 0.2) is 5.78 Å². The number of carbonyl (C=O) groups is 3. The number of Topliss-reactive ketones (excluding diaryl/α,β-unsaturated/α-hetero) is 1. The lowest BCUT2D eigenvalue weighted by Gasteiger charge is -2.11. The van der Waals surface area contributed by atoms with Gasteiger partial charge >= 0.3 is 6.03 Å². The molecule has 1 aliphatic rings. The van der Waals surface area contributed by atoms with E-state index in [2.05, 4.69) is 10.3 Å². The average Bonchev–Trinajstić information content (AvgIpc) is 3.33. The van der Waals surface area contributed by atoms with Crippen molar-refractivity contribution in [2.45, 2.75) is 12.5 Å². The van der Waals surface area contributed by atoms with Crippen molar-refractivity contribution in [2.24, 2.45) is 0 Å². The molecule has 1 aliphatic heterocycles. The number of benzene rings is 1. The van der Waals surface area contributed by atoms with E-state index in [9.17, 15) is 14.4 Å². The molecule has 0 saturated carbocycles. The number of fused-ring (bicyclic) bond motifs is 1. The first-order chi connectivity index (χ1) is 12.1. The molecule has 0 radical (unpaired) electrons. The Bertz CT molecular complexity index is 961. The van der Waals surface area contributed by atoms with E-state index in [1.54, 1.807) is 17.5 Å². The number of nitrogens with one attached hydrogen (secondary N) is 2. The standard InChI is InChI=1S/C18H15N3O3S/c22-15(16-6-3-7-25-16)10-21-17(23)14(20-18(21)24)8-11-9-19-13-5-2-1-4-12(11)13/h1-7,9,14,19H,8,10H2,(H,20,24)/t14-/m0/s1. The van der Waals surface area contributed by atoms with Gasteiger partial charge in [-0.1, -0.05) is 24.3 Å². The number of nitrogens with zero attached hydrogens (tertiary/aromatic N) is 1. The Morgan fingerprint density at radius 1 is 1.16 bits per heavy atom. The Morgan fingerprint density at radius 3 is 2.80 bits per heavy atom. The lowest BCUT2D eigenvalue weighted by molar-refractivity contribution is -0.127. The predicted octanol–water partition coefficient (Wildman–Crippen LogP) is 2.58. The SMILES string of the molecule is O=C(CN1C(=O)N[C@@H](Cc2c[nH]c3ccccc23)C1=O)c1cccs1. The number of amides is 3. The Labute approximate surface area is 147 Å². The molecule has 4 rings (SSSR count). The average molecular weight is 353 g/mol. The molecule has 0 spiro atoms. The van der Waals surface area contributed by atoms with E-state index < -0.39 is 12.1 Å². The Morgan fingerprint density at radius 2 is 2.00 bits per heavy atom. The number of ketones is 1. The third-order valence-corrected chi connectivity index (χ3v) is 5.21. The molecule has 1 atom stereocenters. The smallest absolute Gasteiger partial charge is 0.325 e. The van der Waals surface area contributed by atoms with Crippen molar-refractivity contribution >= 4 is 40.0 Å². The molecule has 3 heterocycles. The molecule has 2 N–H and O–H groups in total. The van der Waals surface area contributed by atoms with Gasteiger partial charge in [0.05, 0.1) is 11.4 Å². The van der Waals surface area contributed by atoms with E-state index >= 15 is 0 Å². The highest BCUT2D eigenvalue weighted by atomic mass is 32.1. The molecule has 0 aliphatic carbocycles. The van der Waals surface area contributed by atoms with E-state index in [0.29, 0.717) is 11.3 Å². The lowest BCUT2D eigenvalue weighted by atomic mass is 10.1. The maximum absolute atomic E-state index is 12.6. The normalized spacial score (nSPS) is 17.3. The van der Waals surface area contributed by atoms with Gasteiger partial charge in [0.1, 0.15) is 6.04 Å². The van der Waals surface area contributed by atoms with Gasteiger partial charge < -0.3 is 10.3 Å². The van der Waals surface area contributed by atoms with Gasteiger partial charge in [-0.3, -0.25) is 14.5 Å². The van der Waals surface area contributed by atoms with E-state index in [1.165, 1.54) is 11.3 Å². The number of aromatic nitrogens is 1. The monoisotopic (exact) mass is 353 g/mol. The first kappa shape index (κ1) is 15.6. The summed E-state index contributed by atoms with van der Waals surface area (Å²) in [5.74, 6) is -0.591. The van der Waals surface area contributed by atoms with Crippen LogP contribution >= 0.6 is 11.3 Å². The zero-order chi connectivity index (χ0) is 17.4. The van der Waals surface area contributed by atoms with Gasteiger partial charge in [-0.15, -0.1) is 11.3 Å². The van der Waals surface area contributed by atoms with Crippen LogP contribution in [-0.4, -0.2) is 40.2 Å². The van der Waals surface area contributed by atoms with Gasteiger partial charge in [0, 0.05) is 23.5 Å². The minimum atomic E-state index is -0.650. The molecule has 6 nitrogen and oxygen atoms in total. The number of urea groups is 1. The Hall–Kier alpha value is -2.93. The number of para-hydroxylation sites is 1. The van der Waals surface area contributed by atoms with Crippen molar-refractivity contribution in [2.75, 3.05) is 6.54 Å². The van der Waals surface area contributed by atoms with Crippen LogP contribution < -0.4 is 5.32 Å². The molecule has 25 heavy (non-hydrogen) atoms. The summed E-state index contributed by atoms with van der Waals surface area (Å²) in [6.45, 7) is -0.227. The number of rotatable bonds is 5. The third-order valence-electron chi connectivity index (χ3n) is 4.30. The fraction of sp³-hybridized carbons (Fsp3) is 0.167. The molecule has 2 aromatic heterocycles. The maximum atomic E-state index is 12.6. The molecule has 0 bridgehead atoms. The van der Waals surface area contributed by atoms with Gasteiger partial charge in [-0.05, 0) is 23.1 Å². The van der Waals surface area contributed by atoms with Gasteiger partial charge in [-0.25, -0.2) is 4.79 Å². The Balaban J connectivity index is 1.50. The van der Waals surface area contributed by atoms with Crippen molar-refractivity contribution in [1.29, 1.82) is 0 Å². The van der Waals surface area contributed by atoms with Crippen molar-refractivity contribution in [3.63, 3.8) is 0 Å². The highest BCUT2D eigenvalue weighted by Gasteiger charge is 2.39. The molecule has 3 amide bonds. The zero-order valence-electron chi connectivity index (χ0n) is 13.2. The summed E-state index contributed by atoms with van der Waals surface area (Å²) in [6.07, 6.45) is 2.24. The van der Waals surface area contributed by atoms with Crippen LogP contribution in [0.1, 0.15) is 15.2 Å². The summed E-state index contributed by atoms with van der Waals surface area (Å²) in [6, 6.07) is 10.1. The number of H-pyrrole nitrogens is 1. The second-order valence-electron chi connectivity index (χ2n) is 5.89. The van der Waals surface area contributed by atoms with Crippen molar-refractivity contribution in [3.05, 3.63) is 58.4 Å². The molecule has 126 valence electrons. The van der Waals surface area contributed by atoms with E-state index in [4.69, 9.17) is 0 Å². The van der Waals surface area contributed by atoms with E-state index in [-0.39, 0.29) is 18.2 Å². The van der Waals surface area contributed by atoms with Crippen LogP contribution in [0.5, 0.6) is 0 Å². The highest BCUT2D eigenvalue weighted by Crippen LogP contribution is 2.21. The van der Waals surface area contributed by atoms with Crippen molar-refractivity contribution in [1.82, 2.24) is 15.2 Å². The number of hydrogen-bond acceptors (Lipinski definition) is 4. The molecular weight excluding hydrogens is 338 g/mol. The molecule has 3 aromatic rings. The molecule has 1 fully saturated rings. The zero-order valence-corrected chi connectivity index (χ0v) is 14.0. The molecule has 1 aromatic carbocycles. The predicted molar refractivity (Wildman–Crippen MR) is 94.7 cm³/mol.